The van der Waals surface area contributed by atoms with Gasteiger partial charge < -0.3 is 15.4 Å². The monoisotopic (exact) mass is 431 g/mol. The Hall–Kier alpha value is -0.820. The molecular formula is C18H30IN3O. The van der Waals surface area contributed by atoms with E-state index in [0.717, 1.165) is 19.1 Å². The van der Waals surface area contributed by atoms with Crippen LogP contribution in [0.3, 0.4) is 0 Å². The fourth-order valence-corrected chi connectivity index (χ4v) is 2.61. The minimum absolute atomic E-state index is 0. The smallest absolute Gasteiger partial charge is 0.191 e. The number of nitrogens with one attached hydrogen (secondary N) is 2. The molecule has 1 aliphatic carbocycles. The van der Waals surface area contributed by atoms with Crippen molar-refractivity contribution in [3.8, 4) is 0 Å². The fourth-order valence-electron chi connectivity index (χ4n) is 2.61. The molecule has 4 nitrogen and oxygen atoms in total. The highest BCUT2D eigenvalue weighted by Crippen LogP contribution is 2.40. The van der Waals surface area contributed by atoms with Crippen LogP contribution in [-0.2, 0) is 4.74 Å². The average Bonchev–Trinajstić information content (AvgIpc) is 3.29. The molecule has 0 saturated heterocycles. The third-order valence-corrected chi connectivity index (χ3v) is 4.11. The summed E-state index contributed by atoms with van der Waals surface area (Å²) in [4.78, 5) is 4.27. The molecule has 23 heavy (non-hydrogen) atoms. The van der Waals surface area contributed by atoms with E-state index < -0.39 is 0 Å². The summed E-state index contributed by atoms with van der Waals surface area (Å²) < 4.78 is 5.32. The largest absolute Gasteiger partial charge is 0.380 e. The van der Waals surface area contributed by atoms with Gasteiger partial charge in [-0.15, -0.1) is 24.0 Å². The van der Waals surface area contributed by atoms with Crippen molar-refractivity contribution < 1.29 is 4.74 Å². The molecule has 1 aliphatic rings. The number of aliphatic imine (C=N–C) groups is 1. The normalized spacial score (nSPS) is 20.1. The summed E-state index contributed by atoms with van der Waals surface area (Å²) >= 11 is 0. The molecule has 0 aliphatic heterocycles. The summed E-state index contributed by atoms with van der Waals surface area (Å²) in [7, 11) is 1.81. The summed E-state index contributed by atoms with van der Waals surface area (Å²) in [5.41, 5.74) is 2.83. The zero-order valence-electron chi connectivity index (χ0n) is 14.6. The van der Waals surface area contributed by atoms with Gasteiger partial charge in [0.1, 0.15) is 0 Å². The van der Waals surface area contributed by atoms with Gasteiger partial charge in [0.2, 0.25) is 0 Å². The Balaban J connectivity index is 0.00000264. The van der Waals surface area contributed by atoms with Crippen molar-refractivity contribution in [1.82, 2.24) is 10.6 Å². The molecular weight excluding hydrogens is 401 g/mol. The van der Waals surface area contributed by atoms with Crippen molar-refractivity contribution in [2.45, 2.75) is 45.1 Å². The SMILES string of the molecule is CCOCCNC(=NC)NC1CC1c1ccc(C(C)C)cc1.I. The van der Waals surface area contributed by atoms with Gasteiger partial charge in [0, 0.05) is 32.2 Å². The van der Waals surface area contributed by atoms with E-state index in [1.807, 2.05) is 14.0 Å². The minimum Gasteiger partial charge on any atom is -0.380 e. The van der Waals surface area contributed by atoms with Crippen molar-refractivity contribution in [3.63, 3.8) is 0 Å². The molecule has 2 rings (SSSR count). The molecule has 0 radical (unpaired) electrons. The van der Waals surface area contributed by atoms with Crippen LogP contribution in [0.4, 0.5) is 0 Å². The number of nitrogens with zero attached hydrogens (tertiary/aromatic N) is 1. The molecule has 2 atom stereocenters. The third-order valence-electron chi connectivity index (χ3n) is 4.11. The molecule has 5 heteroatoms. The molecule has 0 aromatic heterocycles. The summed E-state index contributed by atoms with van der Waals surface area (Å²) in [6, 6.07) is 9.54. The molecule has 0 spiro atoms. The molecule has 130 valence electrons. The van der Waals surface area contributed by atoms with Crippen LogP contribution >= 0.6 is 24.0 Å². The lowest BCUT2D eigenvalue weighted by Gasteiger charge is -2.12. The third kappa shape index (κ3) is 6.30. The second kappa shape index (κ2) is 10.1. The van der Waals surface area contributed by atoms with Crippen LogP contribution in [0.1, 0.15) is 50.2 Å². The van der Waals surface area contributed by atoms with E-state index in [-0.39, 0.29) is 24.0 Å². The van der Waals surface area contributed by atoms with Crippen LogP contribution in [0.5, 0.6) is 0 Å². The first-order valence-corrected chi connectivity index (χ1v) is 8.30. The molecule has 2 unspecified atom stereocenters. The average molecular weight is 431 g/mol. The standard InChI is InChI=1S/C18H29N3O.HI/c1-5-22-11-10-20-18(19-4)21-17-12-16(17)15-8-6-14(7-9-15)13(2)3;/h6-9,13,16-17H,5,10-12H2,1-4H3,(H2,19,20,21);1H. The lowest BCUT2D eigenvalue weighted by Crippen LogP contribution is -2.40. The lowest BCUT2D eigenvalue weighted by atomic mass is 10.0. The highest BCUT2D eigenvalue weighted by molar-refractivity contribution is 14.0. The molecule has 1 fully saturated rings. The van der Waals surface area contributed by atoms with Crippen LogP contribution in [0.2, 0.25) is 0 Å². The first kappa shape index (κ1) is 20.2. The minimum atomic E-state index is 0. The Morgan fingerprint density at radius 3 is 2.57 bits per heavy atom. The molecule has 0 amide bonds. The van der Waals surface area contributed by atoms with E-state index in [0.29, 0.717) is 24.5 Å². The van der Waals surface area contributed by atoms with Crippen molar-refractivity contribution in [1.29, 1.82) is 0 Å². The number of hydrogen-bond acceptors (Lipinski definition) is 2. The Bertz CT molecular complexity index is 488. The molecule has 1 saturated carbocycles. The maximum absolute atomic E-state index is 5.32. The highest BCUT2D eigenvalue weighted by atomic mass is 127. The summed E-state index contributed by atoms with van der Waals surface area (Å²) in [6.45, 7) is 8.72. The first-order chi connectivity index (χ1) is 10.7. The molecule has 1 aromatic rings. The van der Waals surface area contributed by atoms with E-state index in [9.17, 15) is 0 Å². The molecule has 0 heterocycles. The van der Waals surface area contributed by atoms with Gasteiger partial charge in [0.05, 0.1) is 6.61 Å². The maximum Gasteiger partial charge on any atom is 0.191 e. The van der Waals surface area contributed by atoms with E-state index in [1.54, 1.807) is 0 Å². The van der Waals surface area contributed by atoms with Gasteiger partial charge in [0.15, 0.2) is 5.96 Å². The van der Waals surface area contributed by atoms with Crippen LogP contribution < -0.4 is 10.6 Å². The Morgan fingerprint density at radius 2 is 2.00 bits per heavy atom. The number of guanidine groups is 1. The second-order valence-corrected chi connectivity index (χ2v) is 6.11. The Kier molecular flexibility index (Phi) is 8.91. The number of hydrogen-bond donors (Lipinski definition) is 2. The summed E-state index contributed by atoms with van der Waals surface area (Å²) in [5, 5.41) is 6.77. The lowest BCUT2D eigenvalue weighted by molar-refractivity contribution is 0.152. The van der Waals surface area contributed by atoms with Gasteiger partial charge in [-0.05, 0) is 30.4 Å². The van der Waals surface area contributed by atoms with Gasteiger partial charge in [-0.1, -0.05) is 38.1 Å². The topological polar surface area (TPSA) is 45.6 Å². The van der Waals surface area contributed by atoms with Crippen LogP contribution in [0.25, 0.3) is 0 Å². The molecule has 2 N–H and O–H groups in total. The molecule has 0 bridgehead atoms. The predicted octanol–water partition coefficient (Wildman–Crippen LogP) is 3.49. The zero-order chi connectivity index (χ0) is 15.9. The number of ether oxygens (including phenoxy) is 1. The van der Waals surface area contributed by atoms with Gasteiger partial charge in [-0.25, -0.2) is 0 Å². The number of benzene rings is 1. The quantitative estimate of drug-likeness (QED) is 0.301. The van der Waals surface area contributed by atoms with Gasteiger partial charge in [-0.3, -0.25) is 4.99 Å². The Morgan fingerprint density at radius 1 is 1.30 bits per heavy atom. The fraction of sp³-hybridized carbons (Fsp3) is 0.611. The van der Waals surface area contributed by atoms with Crippen LogP contribution in [0, 0.1) is 0 Å². The van der Waals surface area contributed by atoms with E-state index in [1.165, 1.54) is 17.5 Å². The summed E-state index contributed by atoms with van der Waals surface area (Å²) in [6.07, 6.45) is 1.17. The first-order valence-electron chi connectivity index (χ1n) is 8.30. The van der Waals surface area contributed by atoms with Crippen molar-refractivity contribution >= 4 is 29.9 Å². The highest BCUT2D eigenvalue weighted by Gasteiger charge is 2.38. The van der Waals surface area contributed by atoms with Gasteiger partial charge in [-0.2, -0.15) is 0 Å². The maximum atomic E-state index is 5.32. The second-order valence-electron chi connectivity index (χ2n) is 6.11. The van der Waals surface area contributed by atoms with E-state index in [4.69, 9.17) is 4.74 Å². The van der Waals surface area contributed by atoms with Crippen molar-refractivity contribution in [2.24, 2.45) is 4.99 Å². The van der Waals surface area contributed by atoms with Crippen molar-refractivity contribution in [3.05, 3.63) is 35.4 Å². The van der Waals surface area contributed by atoms with E-state index in [2.05, 4.69) is 53.7 Å². The number of halogens is 1. The molecule has 1 aromatic carbocycles. The Labute approximate surface area is 157 Å². The van der Waals surface area contributed by atoms with E-state index >= 15 is 0 Å². The van der Waals surface area contributed by atoms with Gasteiger partial charge in [0.25, 0.3) is 0 Å². The van der Waals surface area contributed by atoms with Crippen LogP contribution in [-0.4, -0.2) is 38.8 Å². The predicted molar refractivity (Wildman–Crippen MR) is 108 cm³/mol. The number of rotatable bonds is 7. The zero-order valence-corrected chi connectivity index (χ0v) is 17.0. The van der Waals surface area contributed by atoms with Crippen molar-refractivity contribution in [2.75, 3.05) is 26.8 Å². The van der Waals surface area contributed by atoms with Crippen LogP contribution in [0.15, 0.2) is 29.3 Å². The van der Waals surface area contributed by atoms with Gasteiger partial charge >= 0.3 is 0 Å². The summed E-state index contributed by atoms with van der Waals surface area (Å²) in [5.74, 6) is 2.06.